The molecule has 0 saturated carbocycles. The smallest absolute Gasteiger partial charge is 0.286 e. The van der Waals surface area contributed by atoms with Crippen LogP contribution in [0, 0.1) is 0 Å². The van der Waals surface area contributed by atoms with Crippen LogP contribution in [0.4, 0.5) is 0 Å². The molecule has 6 heteroatoms. The molecule has 0 bridgehead atoms. The number of hydrogen-bond donors (Lipinski definition) is 0. The van der Waals surface area contributed by atoms with Crippen LogP contribution in [-0.4, -0.2) is 33.1 Å². The van der Waals surface area contributed by atoms with Crippen LogP contribution < -0.4 is 5.56 Å². The zero-order chi connectivity index (χ0) is 20.9. The monoisotopic (exact) mass is 465 g/mol. The number of nitrogens with zero attached hydrogens (tertiary/aromatic N) is 3. The zero-order valence-electron chi connectivity index (χ0n) is 17.0. The Balaban J connectivity index is 1.38. The zero-order valence-corrected chi connectivity index (χ0v) is 18.6. The van der Waals surface area contributed by atoms with E-state index < -0.39 is 0 Å². The number of likely N-dealkylation sites (tertiary alicyclic amines) is 1. The van der Waals surface area contributed by atoms with Gasteiger partial charge in [0.1, 0.15) is 10.3 Å². The lowest BCUT2D eigenvalue weighted by molar-refractivity contribution is -0.124. The maximum absolute atomic E-state index is 12.9. The maximum atomic E-state index is 12.9. The van der Waals surface area contributed by atoms with Gasteiger partial charge in [0.15, 0.2) is 0 Å². The molecule has 1 aromatic heterocycles. The number of para-hydroxylation sites is 1. The molecular weight excluding hydrogens is 442 g/mol. The lowest BCUT2D eigenvalue weighted by Crippen LogP contribution is -2.45. The van der Waals surface area contributed by atoms with Crippen molar-refractivity contribution in [2.24, 2.45) is 7.05 Å². The molecule has 0 atom stereocenters. The number of hydrogen-bond acceptors (Lipinski definition) is 3. The molecule has 3 aromatic rings. The predicted octanol–water partition coefficient (Wildman–Crippen LogP) is 3.60. The molecule has 2 heterocycles. The van der Waals surface area contributed by atoms with Crippen molar-refractivity contribution in [1.29, 1.82) is 0 Å². The van der Waals surface area contributed by atoms with E-state index in [9.17, 15) is 9.59 Å². The van der Waals surface area contributed by atoms with E-state index >= 15 is 0 Å². The highest BCUT2D eigenvalue weighted by molar-refractivity contribution is 9.10. The third kappa shape index (κ3) is 2.93. The fraction of sp³-hybridized carbons (Fsp3) is 0.333. The average molecular weight is 466 g/mol. The summed E-state index contributed by atoms with van der Waals surface area (Å²) in [5.41, 5.74) is 3.87. The first-order valence-corrected chi connectivity index (χ1v) is 11.2. The van der Waals surface area contributed by atoms with E-state index in [1.807, 2.05) is 54.2 Å². The summed E-state index contributed by atoms with van der Waals surface area (Å²) in [4.78, 5) is 28.1. The lowest BCUT2D eigenvalue weighted by atomic mass is 9.73. The average Bonchev–Trinajstić information content (AvgIpc) is 3.15. The molecule has 2 aliphatic rings. The Morgan fingerprint density at radius 3 is 2.37 bits per heavy atom. The molecule has 1 aliphatic carbocycles. The van der Waals surface area contributed by atoms with Gasteiger partial charge < -0.3 is 0 Å². The van der Waals surface area contributed by atoms with Crippen molar-refractivity contribution < 1.29 is 4.79 Å². The molecular formula is C24H24BrN3O2. The molecule has 0 radical (unpaired) electrons. The van der Waals surface area contributed by atoms with Gasteiger partial charge in [-0.2, -0.15) is 0 Å². The Bertz CT molecular complexity index is 1170. The number of rotatable bonds is 3. The van der Waals surface area contributed by atoms with Crippen LogP contribution in [0.5, 0.6) is 0 Å². The van der Waals surface area contributed by atoms with Gasteiger partial charge in [0.05, 0.1) is 16.8 Å². The number of Topliss-reactive ketones (excluding diaryl/α,β-unsaturated/α-hetero) is 1. The summed E-state index contributed by atoms with van der Waals surface area (Å²) in [6.45, 7) is 2.37. The molecule has 0 amide bonds. The number of ketones is 1. The largest absolute Gasteiger partial charge is 0.298 e. The highest BCUT2D eigenvalue weighted by atomic mass is 79.9. The number of aromatic nitrogens is 2. The van der Waals surface area contributed by atoms with E-state index in [2.05, 4.69) is 33.0 Å². The van der Waals surface area contributed by atoms with Crippen LogP contribution in [0.25, 0.3) is 5.69 Å². The summed E-state index contributed by atoms with van der Waals surface area (Å²) in [5, 5.41) is 0. The molecule has 2 aromatic carbocycles. The topological polar surface area (TPSA) is 47.2 Å². The van der Waals surface area contributed by atoms with Crippen LogP contribution in [0.1, 0.15) is 29.7 Å². The highest BCUT2D eigenvalue weighted by Gasteiger charge is 2.47. The maximum Gasteiger partial charge on any atom is 0.286 e. The van der Waals surface area contributed by atoms with E-state index in [1.54, 1.807) is 4.68 Å². The Morgan fingerprint density at radius 2 is 1.63 bits per heavy atom. The minimum absolute atomic E-state index is 0.0490. The van der Waals surface area contributed by atoms with Crippen LogP contribution in [0.3, 0.4) is 0 Å². The molecule has 0 unspecified atom stereocenters. The summed E-state index contributed by atoms with van der Waals surface area (Å²) in [6.07, 6.45) is 2.25. The van der Waals surface area contributed by atoms with Crippen LogP contribution in [0.15, 0.2) is 63.9 Å². The van der Waals surface area contributed by atoms with Gasteiger partial charge in [0, 0.05) is 20.0 Å². The molecule has 5 nitrogen and oxygen atoms in total. The molecule has 0 N–H and O–H groups in total. The summed E-state index contributed by atoms with van der Waals surface area (Å²) in [6, 6.07) is 18.0. The quantitative estimate of drug-likeness (QED) is 0.593. The lowest BCUT2D eigenvalue weighted by Gasteiger charge is -2.39. The van der Waals surface area contributed by atoms with Crippen molar-refractivity contribution >= 4 is 21.7 Å². The Kier molecular flexibility index (Phi) is 4.79. The third-order valence-electron chi connectivity index (χ3n) is 6.83. The third-order valence-corrected chi connectivity index (χ3v) is 7.62. The van der Waals surface area contributed by atoms with E-state index in [4.69, 9.17) is 0 Å². The summed E-state index contributed by atoms with van der Waals surface area (Å²) < 4.78 is 4.24. The van der Waals surface area contributed by atoms with E-state index in [0.29, 0.717) is 23.2 Å². The number of fused-ring (bicyclic) bond motifs is 2. The van der Waals surface area contributed by atoms with Gasteiger partial charge in [-0.05, 0) is 65.1 Å². The number of piperidine rings is 1. The molecule has 30 heavy (non-hydrogen) atoms. The van der Waals surface area contributed by atoms with Gasteiger partial charge in [-0.15, -0.1) is 0 Å². The molecule has 1 saturated heterocycles. The molecule has 1 fully saturated rings. The number of carbonyl (C=O) groups excluding carboxylic acids is 1. The number of benzene rings is 2. The molecule has 5 rings (SSSR count). The van der Waals surface area contributed by atoms with Gasteiger partial charge in [-0.25, -0.2) is 4.68 Å². The minimum atomic E-state index is -0.313. The standard InChI is InChI=1S/C24H24BrN3O2/c1-26-20(22(25)23(30)28(26)18-8-3-2-4-9-18)16-27-13-11-24(12-14-27)19-10-6-5-7-17(19)15-21(24)29/h2-10H,11-16H2,1H3. The van der Waals surface area contributed by atoms with Crippen molar-refractivity contribution in [1.82, 2.24) is 14.3 Å². The van der Waals surface area contributed by atoms with Gasteiger partial charge in [0.25, 0.3) is 5.56 Å². The van der Waals surface area contributed by atoms with Crippen LogP contribution in [0.2, 0.25) is 0 Å². The number of carbonyl (C=O) groups is 1. The minimum Gasteiger partial charge on any atom is -0.298 e. The first kappa shape index (κ1) is 19.5. The second kappa shape index (κ2) is 7.36. The van der Waals surface area contributed by atoms with Crippen LogP contribution in [-0.2, 0) is 30.2 Å². The summed E-state index contributed by atoms with van der Waals surface area (Å²) in [5.74, 6) is 0.368. The van der Waals surface area contributed by atoms with E-state index in [1.165, 1.54) is 11.1 Å². The number of halogens is 1. The predicted molar refractivity (Wildman–Crippen MR) is 120 cm³/mol. The fourth-order valence-corrected chi connectivity index (χ4v) is 5.68. The second-order valence-corrected chi connectivity index (χ2v) is 9.15. The fourth-order valence-electron chi connectivity index (χ4n) is 5.13. The van der Waals surface area contributed by atoms with Crippen molar-refractivity contribution in [2.45, 2.75) is 31.2 Å². The van der Waals surface area contributed by atoms with Gasteiger partial charge in [-0.3, -0.25) is 19.2 Å². The van der Waals surface area contributed by atoms with E-state index in [-0.39, 0.29) is 11.0 Å². The van der Waals surface area contributed by atoms with Crippen molar-refractivity contribution in [3.8, 4) is 5.69 Å². The van der Waals surface area contributed by atoms with Gasteiger partial charge >= 0.3 is 0 Å². The van der Waals surface area contributed by atoms with Crippen molar-refractivity contribution in [3.63, 3.8) is 0 Å². The Hall–Kier alpha value is -2.44. The summed E-state index contributed by atoms with van der Waals surface area (Å²) >= 11 is 3.53. The molecule has 154 valence electrons. The Morgan fingerprint density at radius 1 is 0.967 bits per heavy atom. The SMILES string of the molecule is Cn1c(CN2CCC3(CC2)C(=O)Cc2ccccc23)c(Br)c(=O)n1-c1ccccc1. The Labute approximate surface area is 184 Å². The summed E-state index contributed by atoms with van der Waals surface area (Å²) in [7, 11) is 1.93. The van der Waals surface area contributed by atoms with Crippen molar-refractivity contribution in [2.75, 3.05) is 13.1 Å². The molecule has 1 spiro atoms. The van der Waals surface area contributed by atoms with Crippen molar-refractivity contribution in [3.05, 3.63) is 86.2 Å². The first-order valence-electron chi connectivity index (χ1n) is 10.4. The van der Waals surface area contributed by atoms with E-state index in [0.717, 1.165) is 37.3 Å². The first-order chi connectivity index (χ1) is 14.5. The normalized spacial score (nSPS) is 18.1. The molecule has 1 aliphatic heterocycles. The second-order valence-electron chi connectivity index (χ2n) is 8.35. The van der Waals surface area contributed by atoms with Crippen LogP contribution >= 0.6 is 15.9 Å². The van der Waals surface area contributed by atoms with Gasteiger partial charge in [-0.1, -0.05) is 42.5 Å². The highest BCUT2D eigenvalue weighted by Crippen LogP contribution is 2.44. The van der Waals surface area contributed by atoms with Gasteiger partial charge in [0.2, 0.25) is 0 Å².